The third kappa shape index (κ3) is 2.56. The Morgan fingerprint density at radius 2 is 1.77 bits per heavy atom. The highest BCUT2D eigenvalue weighted by Crippen LogP contribution is 2.38. The van der Waals surface area contributed by atoms with Crippen LogP contribution in [0.15, 0.2) is 0 Å². The monoisotopic (exact) mass is 320 g/mol. The molecule has 0 saturated carbocycles. The molecule has 2 unspecified atom stereocenters. The van der Waals surface area contributed by atoms with Crippen LogP contribution in [0.3, 0.4) is 0 Å². The number of carbonyl (C=O) groups is 1. The average molecular weight is 320 g/mol. The molecule has 1 aromatic carbocycles. The van der Waals surface area contributed by atoms with Crippen molar-refractivity contribution in [1.29, 1.82) is 0 Å². The highest BCUT2D eigenvalue weighted by Gasteiger charge is 2.38. The lowest BCUT2D eigenvalue weighted by Crippen LogP contribution is -2.23. The first-order valence-corrected chi connectivity index (χ1v) is 6.67. The highest BCUT2D eigenvalue weighted by molar-refractivity contribution is 5.90. The van der Waals surface area contributed by atoms with Gasteiger partial charge in [0.2, 0.25) is 0 Å². The summed E-state index contributed by atoms with van der Waals surface area (Å²) in [4.78, 5) is 12.9. The third-order valence-corrected chi connectivity index (χ3v) is 3.99. The molecule has 4 nitrogen and oxygen atoms in total. The van der Waals surface area contributed by atoms with E-state index >= 15 is 0 Å². The molecule has 2 rings (SSSR count). The van der Waals surface area contributed by atoms with E-state index in [1.165, 1.54) is 0 Å². The molecular weight excluding hydrogens is 304 g/mol. The molecule has 0 radical (unpaired) electrons. The smallest absolute Gasteiger partial charge is 0.344 e. The molecule has 8 heteroatoms. The van der Waals surface area contributed by atoms with Crippen LogP contribution in [0.25, 0.3) is 0 Å². The minimum atomic E-state index is -1.75. The molecule has 1 saturated heterocycles. The number of halogens is 4. The van der Waals surface area contributed by atoms with E-state index in [0.717, 1.165) is 7.11 Å². The van der Waals surface area contributed by atoms with E-state index in [0.29, 0.717) is 13.1 Å². The highest BCUT2D eigenvalue weighted by atomic mass is 19.2. The number of hydrogen-bond acceptors (Lipinski definition) is 4. The van der Waals surface area contributed by atoms with Crippen molar-refractivity contribution in [3.63, 3.8) is 0 Å². The molecule has 1 aliphatic rings. The van der Waals surface area contributed by atoms with Crippen molar-refractivity contribution in [3.05, 3.63) is 34.4 Å². The summed E-state index contributed by atoms with van der Waals surface area (Å²) in [6.07, 6.45) is 0.275. The first-order chi connectivity index (χ1) is 10.3. The summed E-state index contributed by atoms with van der Waals surface area (Å²) in [5, 5.41) is 0. The van der Waals surface area contributed by atoms with Gasteiger partial charge in [0.1, 0.15) is 5.56 Å². The molecule has 0 aliphatic carbocycles. The molecule has 2 N–H and O–H groups in total. The van der Waals surface area contributed by atoms with E-state index in [1.807, 2.05) is 0 Å². The number of benzene rings is 1. The van der Waals surface area contributed by atoms with Crippen molar-refractivity contribution >= 4 is 5.97 Å². The van der Waals surface area contributed by atoms with Crippen molar-refractivity contribution < 1.29 is 27.1 Å². The average Bonchev–Trinajstić information content (AvgIpc) is 2.86. The maximum Gasteiger partial charge on any atom is 0.344 e. The van der Waals surface area contributed by atoms with E-state index in [1.54, 1.807) is 11.9 Å². The van der Waals surface area contributed by atoms with Crippen LogP contribution >= 0.6 is 0 Å². The van der Waals surface area contributed by atoms with Gasteiger partial charge in [0, 0.05) is 18.2 Å². The first-order valence-electron chi connectivity index (χ1n) is 6.67. The van der Waals surface area contributed by atoms with Gasteiger partial charge in [-0.2, -0.15) is 0 Å². The molecule has 0 bridgehead atoms. The van der Waals surface area contributed by atoms with Gasteiger partial charge >= 0.3 is 5.97 Å². The Morgan fingerprint density at radius 1 is 1.23 bits per heavy atom. The molecule has 22 heavy (non-hydrogen) atoms. The van der Waals surface area contributed by atoms with Crippen molar-refractivity contribution in [2.24, 2.45) is 11.7 Å². The number of methoxy groups -OCH3 is 1. The maximum atomic E-state index is 14.2. The molecule has 1 aromatic rings. The van der Waals surface area contributed by atoms with Gasteiger partial charge in [-0.1, -0.05) is 0 Å². The van der Waals surface area contributed by atoms with Crippen LogP contribution in [0.4, 0.5) is 17.6 Å². The zero-order chi connectivity index (χ0) is 16.6. The molecule has 0 spiro atoms. The van der Waals surface area contributed by atoms with Crippen LogP contribution in [-0.2, 0) is 4.74 Å². The summed E-state index contributed by atoms with van der Waals surface area (Å²) in [6.45, 7) is 0.761. The van der Waals surface area contributed by atoms with Crippen molar-refractivity contribution in [2.45, 2.75) is 12.5 Å². The minimum absolute atomic E-state index is 0.0276. The lowest BCUT2D eigenvalue weighted by Gasteiger charge is -2.22. The number of ether oxygens (including phenoxy) is 1. The summed E-state index contributed by atoms with van der Waals surface area (Å²) in [7, 11) is 2.45. The molecule has 0 aromatic heterocycles. The van der Waals surface area contributed by atoms with E-state index < -0.39 is 46.4 Å². The lowest BCUT2D eigenvalue weighted by molar-refractivity contribution is 0.0586. The van der Waals surface area contributed by atoms with E-state index in [2.05, 4.69) is 4.74 Å². The second-order valence-corrected chi connectivity index (χ2v) is 5.33. The molecule has 122 valence electrons. The third-order valence-electron chi connectivity index (χ3n) is 3.99. The predicted octanol–water partition coefficient (Wildman–Crippen LogP) is 1.98. The second-order valence-electron chi connectivity index (χ2n) is 5.33. The standard InChI is InChI=1S/C14H16F4N2O2/c1-20-5-6(4-19)3-7(20)8-10(15)12(17)9(14(21)22-2)13(18)11(8)16/h6-7H,3-5,19H2,1-2H3. The number of esters is 1. The Balaban J connectivity index is 2.57. The summed E-state index contributed by atoms with van der Waals surface area (Å²) in [5.74, 6) is -8.14. The molecule has 1 heterocycles. The lowest BCUT2D eigenvalue weighted by atomic mass is 9.97. The van der Waals surface area contributed by atoms with Crippen LogP contribution in [0.2, 0.25) is 0 Å². The first kappa shape index (κ1) is 16.7. The van der Waals surface area contributed by atoms with E-state index in [-0.39, 0.29) is 12.3 Å². The number of hydrogen-bond donors (Lipinski definition) is 1. The Kier molecular flexibility index (Phi) is 4.72. The molecule has 1 aliphatic heterocycles. The SMILES string of the molecule is COC(=O)c1c(F)c(F)c(C2CC(CN)CN2C)c(F)c1F. The van der Waals surface area contributed by atoms with Crippen molar-refractivity contribution in [3.8, 4) is 0 Å². The predicted molar refractivity (Wildman–Crippen MR) is 70.1 cm³/mol. The minimum Gasteiger partial charge on any atom is -0.465 e. The number of nitrogens with two attached hydrogens (primary N) is 1. The summed E-state index contributed by atoms with van der Waals surface area (Å²) < 4.78 is 60.5. The number of rotatable bonds is 3. The zero-order valence-corrected chi connectivity index (χ0v) is 12.1. The zero-order valence-electron chi connectivity index (χ0n) is 12.1. The van der Waals surface area contributed by atoms with Gasteiger partial charge in [-0.3, -0.25) is 4.90 Å². The van der Waals surface area contributed by atoms with Crippen LogP contribution in [0.1, 0.15) is 28.4 Å². The van der Waals surface area contributed by atoms with Crippen LogP contribution in [0, 0.1) is 29.2 Å². The van der Waals surface area contributed by atoms with Crippen LogP contribution in [0.5, 0.6) is 0 Å². The number of likely N-dealkylation sites (tertiary alicyclic amines) is 1. The Labute approximate surface area is 124 Å². The fourth-order valence-electron chi connectivity index (χ4n) is 2.84. The van der Waals surface area contributed by atoms with Gasteiger partial charge in [0.25, 0.3) is 0 Å². The quantitative estimate of drug-likeness (QED) is 0.526. The number of nitrogens with zero attached hydrogens (tertiary/aromatic N) is 1. The van der Waals surface area contributed by atoms with Gasteiger partial charge in [-0.15, -0.1) is 0 Å². The maximum absolute atomic E-state index is 14.2. The van der Waals surface area contributed by atoms with Gasteiger partial charge in [0.15, 0.2) is 23.3 Å². The van der Waals surface area contributed by atoms with E-state index in [9.17, 15) is 22.4 Å². The van der Waals surface area contributed by atoms with Gasteiger partial charge in [-0.05, 0) is 25.9 Å². The fourth-order valence-corrected chi connectivity index (χ4v) is 2.84. The van der Waals surface area contributed by atoms with Crippen LogP contribution in [-0.4, -0.2) is 38.1 Å². The van der Waals surface area contributed by atoms with E-state index in [4.69, 9.17) is 5.73 Å². The topological polar surface area (TPSA) is 55.6 Å². The van der Waals surface area contributed by atoms with Crippen LogP contribution < -0.4 is 5.73 Å². The van der Waals surface area contributed by atoms with Crippen molar-refractivity contribution in [2.75, 3.05) is 27.2 Å². The summed E-state index contributed by atoms with van der Waals surface area (Å²) >= 11 is 0. The van der Waals surface area contributed by atoms with Gasteiger partial charge < -0.3 is 10.5 Å². The normalized spacial score (nSPS) is 22.1. The Bertz CT molecular complexity index is 580. The summed E-state index contributed by atoms with van der Waals surface area (Å²) in [5.41, 5.74) is 3.45. The number of carbonyl (C=O) groups excluding carboxylic acids is 1. The van der Waals surface area contributed by atoms with Crippen molar-refractivity contribution in [1.82, 2.24) is 4.90 Å². The van der Waals surface area contributed by atoms with Gasteiger partial charge in [0.05, 0.1) is 7.11 Å². The summed E-state index contributed by atoms with van der Waals surface area (Å²) in [6, 6.07) is -0.843. The van der Waals surface area contributed by atoms with Gasteiger partial charge in [-0.25, -0.2) is 22.4 Å². The fraction of sp³-hybridized carbons (Fsp3) is 0.500. The molecule has 2 atom stereocenters. The largest absolute Gasteiger partial charge is 0.465 e. The Hall–Kier alpha value is -1.67. The molecular formula is C14H16F4N2O2. The Morgan fingerprint density at radius 3 is 2.18 bits per heavy atom. The second kappa shape index (κ2) is 6.21. The molecule has 1 fully saturated rings. The molecule has 0 amide bonds.